The standard InChI is InChI=1S/C21H25BrN2O2/c22-17-7-16(21-8-12-3-13(9-21)5-14(4-12)10-21)1-2-18(17)24-11-15(20(23)26)6-19(24)25/h1-2,7,12-15H,3-6,8-11H2,(H2,23,26)/t12?,13?,14?,15-,21?/m0/s1. The first-order chi connectivity index (χ1) is 12.4. The summed E-state index contributed by atoms with van der Waals surface area (Å²) in [6.45, 7) is 0.392. The molecule has 0 unspecified atom stereocenters. The molecule has 5 heteroatoms. The molecule has 5 aliphatic rings. The van der Waals surface area contributed by atoms with Crippen LogP contribution in [-0.2, 0) is 15.0 Å². The third-order valence-corrected chi connectivity index (χ3v) is 8.05. The van der Waals surface area contributed by atoms with Crippen LogP contribution in [0.1, 0.15) is 50.5 Å². The number of hydrogen-bond donors (Lipinski definition) is 1. The Morgan fingerprint density at radius 2 is 1.73 bits per heavy atom. The summed E-state index contributed by atoms with van der Waals surface area (Å²) in [5.41, 5.74) is 8.05. The fourth-order valence-electron chi connectivity index (χ4n) is 6.65. The van der Waals surface area contributed by atoms with Gasteiger partial charge in [0.25, 0.3) is 0 Å². The molecule has 4 bridgehead atoms. The van der Waals surface area contributed by atoms with Crippen molar-refractivity contribution in [2.75, 3.05) is 11.4 Å². The zero-order chi connectivity index (χ0) is 18.1. The molecule has 1 aromatic carbocycles. The highest BCUT2D eigenvalue weighted by Crippen LogP contribution is 2.61. The molecule has 0 spiro atoms. The van der Waals surface area contributed by atoms with Crippen LogP contribution in [0.15, 0.2) is 22.7 Å². The van der Waals surface area contributed by atoms with Crippen LogP contribution in [-0.4, -0.2) is 18.4 Å². The van der Waals surface area contributed by atoms with Crippen LogP contribution >= 0.6 is 15.9 Å². The van der Waals surface area contributed by atoms with Crippen molar-refractivity contribution >= 4 is 33.4 Å². The lowest BCUT2D eigenvalue weighted by atomic mass is 9.48. The Balaban J connectivity index is 1.44. The predicted molar refractivity (Wildman–Crippen MR) is 104 cm³/mol. The van der Waals surface area contributed by atoms with Crippen molar-refractivity contribution in [3.05, 3.63) is 28.2 Å². The van der Waals surface area contributed by atoms with Crippen molar-refractivity contribution in [3.8, 4) is 0 Å². The smallest absolute Gasteiger partial charge is 0.227 e. The fraction of sp³-hybridized carbons (Fsp3) is 0.619. The Morgan fingerprint density at radius 3 is 2.23 bits per heavy atom. The zero-order valence-corrected chi connectivity index (χ0v) is 16.5. The number of benzene rings is 1. The highest BCUT2D eigenvalue weighted by Gasteiger charge is 2.51. The Kier molecular flexibility index (Phi) is 3.76. The van der Waals surface area contributed by atoms with Gasteiger partial charge in [-0.3, -0.25) is 9.59 Å². The summed E-state index contributed by atoms with van der Waals surface area (Å²) >= 11 is 3.71. The molecule has 6 rings (SSSR count). The minimum Gasteiger partial charge on any atom is -0.369 e. The molecule has 26 heavy (non-hydrogen) atoms. The zero-order valence-electron chi connectivity index (χ0n) is 14.9. The number of nitrogens with two attached hydrogens (primary N) is 1. The van der Waals surface area contributed by atoms with Crippen LogP contribution in [0.4, 0.5) is 5.69 Å². The number of amides is 2. The molecule has 0 radical (unpaired) electrons. The highest BCUT2D eigenvalue weighted by atomic mass is 79.9. The number of nitrogens with zero attached hydrogens (tertiary/aromatic N) is 1. The van der Waals surface area contributed by atoms with Gasteiger partial charge in [-0.2, -0.15) is 0 Å². The first-order valence-electron chi connectivity index (χ1n) is 9.83. The molecule has 0 aromatic heterocycles. The maximum absolute atomic E-state index is 12.3. The van der Waals surface area contributed by atoms with Crippen LogP contribution in [0.5, 0.6) is 0 Å². The van der Waals surface area contributed by atoms with Gasteiger partial charge in [-0.05, 0) is 95.3 Å². The van der Waals surface area contributed by atoms with Crippen molar-refractivity contribution in [1.29, 1.82) is 0 Å². The van der Waals surface area contributed by atoms with E-state index in [1.54, 1.807) is 4.90 Å². The summed E-state index contributed by atoms with van der Waals surface area (Å²) in [6.07, 6.45) is 8.53. The molecule has 4 saturated carbocycles. The molecular weight excluding hydrogens is 392 g/mol. The van der Waals surface area contributed by atoms with E-state index in [2.05, 4.69) is 34.1 Å². The lowest BCUT2D eigenvalue weighted by molar-refractivity contribution is -0.123. The van der Waals surface area contributed by atoms with E-state index in [0.29, 0.717) is 12.0 Å². The lowest BCUT2D eigenvalue weighted by Gasteiger charge is -2.57. The molecule has 5 fully saturated rings. The van der Waals surface area contributed by atoms with Crippen LogP contribution < -0.4 is 10.6 Å². The number of hydrogen-bond acceptors (Lipinski definition) is 2. The van der Waals surface area contributed by atoms with Gasteiger partial charge < -0.3 is 10.6 Å². The topological polar surface area (TPSA) is 63.4 Å². The summed E-state index contributed by atoms with van der Waals surface area (Å²) in [5, 5.41) is 0. The Hall–Kier alpha value is -1.36. The van der Waals surface area contributed by atoms with E-state index in [9.17, 15) is 9.59 Å². The van der Waals surface area contributed by atoms with Crippen LogP contribution in [0.25, 0.3) is 0 Å². The van der Waals surface area contributed by atoms with Gasteiger partial charge in [0, 0.05) is 17.4 Å². The maximum atomic E-state index is 12.3. The maximum Gasteiger partial charge on any atom is 0.227 e. The van der Waals surface area contributed by atoms with E-state index in [1.807, 2.05) is 0 Å². The van der Waals surface area contributed by atoms with Gasteiger partial charge in [0.2, 0.25) is 11.8 Å². The lowest BCUT2D eigenvalue weighted by Crippen LogP contribution is -2.48. The molecule has 138 valence electrons. The van der Waals surface area contributed by atoms with E-state index in [0.717, 1.165) is 27.9 Å². The van der Waals surface area contributed by atoms with E-state index in [4.69, 9.17) is 5.73 Å². The largest absolute Gasteiger partial charge is 0.369 e. The summed E-state index contributed by atoms with van der Waals surface area (Å²) < 4.78 is 0.962. The van der Waals surface area contributed by atoms with Crippen molar-refractivity contribution in [1.82, 2.24) is 0 Å². The molecule has 4 aliphatic carbocycles. The molecule has 1 aliphatic heterocycles. The second-order valence-electron chi connectivity index (χ2n) is 9.17. The first-order valence-corrected chi connectivity index (χ1v) is 10.6. The molecule has 1 saturated heterocycles. The monoisotopic (exact) mass is 416 g/mol. The van der Waals surface area contributed by atoms with Gasteiger partial charge in [0.1, 0.15) is 0 Å². The summed E-state index contributed by atoms with van der Waals surface area (Å²) in [4.78, 5) is 25.5. The Labute approximate surface area is 162 Å². The molecule has 1 heterocycles. The van der Waals surface area contributed by atoms with E-state index in [1.165, 1.54) is 44.1 Å². The van der Waals surface area contributed by atoms with Crippen molar-refractivity contribution in [2.45, 2.75) is 50.4 Å². The molecule has 4 nitrogen and oxygen atoms in total. The van der Waals surface area contributed by atoms with E-state index >= 15 is 0 Å². The van der Waals surface area contributed by atoms with Crippen molar-refractivity contribution < 1.29 is 9.59 Å². The molecule has 2 N–H and O–H groups in total. The average molecular weight is 417 g/mol. The minimum atomic E-state index is -0.387. The van der Waals surface area contributed by atoms with Gasteiger partial charge >= 0.3 is 0 Å². The highest BCUT2D eigenvalue weighted by molar-refractivity contribution is 9.10. The normalized spacial score (nSPS) is 38.2. The number of halogens is 1. The number of primary amides is 1. The third kappa shape index (κ3) is 2.54. The molecular formula is C21H25BrN2O2. The quantitative estimate of drug-likeness (QED) is 0.814. The summed E-state index contributed by atoms with van der Waals surface area (Å²) in [7, 11) is 0. The molecule has 1 aromatic rings. The number of carbonyl (C=O) groups excluding carboxylic acids is 2. The van der Waals surface area contributed by atoms with E-state index in [-0.39, 0.29) is 24.2 Å². The second kappa shape index (κ2) is 5.82. The number of rotatable bonds is 3. The summed E-state index contributed by atoms with van der Waals surface area (Å²) in [6, 6.07) is 6.55. The average Bonchev–Trinajstić information content (AvgIpc) is 2.95. The van der Waals surface area contributed by atoms with Crippen molar-refractivity contribution in [3.63, 3.8) is 0 Å². The number of carbonyl (C=O) groups is 2. The third-order valence-electron chi connectivity index (χ3n) is 7.42. The number of anilines is 1. The van der Waals surface area contributed by atoms with Gasteiger partial charge in [-0.25, -0.2) is 0 Å². The SMILES string of the molecule is NC(=O)[C@H]1CC(=O)N(c2ccc(C34CC5CC(CC(C5)C3)C4)cc2Br)C1. The second-order valence-corrected chi connectivity index (χ2v) is 10.0. The minimum absolute atomic E-state index is 0.0166. The molecule has 1 atom stereocenters. The van der Waals surface area contributed by atoms with Gasteiger partial charge in [0.05, 0.1) is 11.6 Å². The molecule has 2 amide bonds. The predicted octanol–water partition coefficient (Wildman–Crippen LogP) is 3.76. The summed E-state index contributed by atoms with van der Waals surface area (Å²) in [5.74, 6) is 1.96. The van der Waals surface area contributed by atoms with Crippen LogP contribution in [0, 0.1) is 23.7 Å². The van der Waals surface area contributed by atoms with Gasteiger partial charge in [-0.15, -0.1) is 0 Å². The van der Waals surface area contributed by atoms with Gasteiger partial charge in [0.15, 0.2) is 0 Å². The van der Waals surface area contributed by atoms with Gasteiger partial charge in [-0.1, -0.05) is 6.07 Å². The Bertz CT molecular complexity index is 755. The van der Waals surface area contributed by atoms with Crippen LogP contribution in [0.3, 0.4) is 0 Å². The van der Waals surface area contributed by atoms with E-state index < -0.39 is 0 Å². The fourth-order valence-corrected chi connectivity index (χ4v) is 7.24. The Morgan fingerprint density at radius 1 is 1.12 bits per heavy atom. The first kappa shape index (κ1) is 16.8. The van der Waals surface area contributed by atoms with Crippen molar-refractivity contribution in [2.24, 2.45) is 29.4 Å². The van der Waals surface area contributed by atoms with Crippen LogP contribution in [0.2, 0.25) is 0 Å².